The van der Waals surface area contributed by atoms with Crippen LogP contribution in [0.4, 0.5) is 0 Å². The maximum atomic E-state index is 12.5. The monoisotopic (exact) mass is 364 g/mol. The summed E-state index contributed by atoms with van der Waals surface area (Å²) in [6.45, 7) is 4.66. The molecule has 2 heterocycles. The van der Waals surface area contributed by atoms with Crippen molar-refractivity contribution in [1.29, 1.82) is 0 Å². The SMILES string of the molecule is O=C1CCC2(CCCN(Cc3ccc(O)cc3)C2)CN1Cc1ccccc1. The number of likely N-dealkylation sites (tertiary alicyclic amines) is 2. The van der Waals surface area contributed by atoms with E-state index in [0.717, 1.165) is 39.1 Å². The lowest BCUT2D eigenvalue weighted by atomic mass is 9.73. The third-order valence-corrected chi connectivity index (χ3v) is 6.05. The van der Waals surface area contributed by atoms with Crippen LogP contribution >= 0.6 is 0 Å². The fraction of sp³-hybridized carbons (Fsp3) is 0.435. The van der Waals surface area contributed by atoms with E-state index in [9.17, 15) is 9.90 Å². The number of benzene rings is 2. The molecular weight excluding hydrogens is 336 g/mol. The van der Waals surface area contributed by atoms with Crippen LogP contribution in [0, 0.1) is 5.41 Å². The minimum Gasteiger partial charge on any atom is -0.508 e. The Bertz CT molecular complexity index is 775. The summed E-state index contributed by atoms with van der Waals surface area (Å²) in [5.74, 6) is 0.608. The average molecular weight is 364 g/mol. The van der Waals surface area contributed by atoms with Gasteiger partial charge in [-0.15, -0.1) is 0 Å². The molecule has 1 spiro atoms. The van der Waals surface area contributed by atoms with Gasteiger partial charge in [-0.1, -0.05) is 42.5 Å². The second-order valence-electron chi connectivity index (χ2n) is 8.22. The number of amides is 1. The molecule has 0 radical (unpaired) electrons. The number of carbonyl (C=O) groups is 1. The molecule has 0 saturated carbocycles. The van der Waals surface area contributed by atoms with Crippen LogP contribution in [0.3, 0.4) is 0 Å². The van der Waals surface area contributed by atoms with Gasteiger partial charge in [-0.25, -0.2) is 0 Å². The number of carbonyl (C=O) groups excluding carboxylic acids is 1. The zero-order valence-corrected chi connectivity index (χ0v) is 15.8. The van der Waals surface area contributed by atoms with E-state index in [4.69, 9.17) is 0 Å². The van der Waals surface area contributed by atoms with Gasteiger partial charge in [0.05, 0.1) is 0 Å². The summed E-state index contributed by atoms with van der Waals surface area (Å²) < 4.78 is 0. The standard InChI is InChI=1S/C23H28N2O2/c26-21-9-7-20(8-10-21)15-24-14-4-12-23(17-24)13-11-22(27)25(18-23)16-19-5-2-1-3-6-19/h1-3,5-10,26H,4,11-18H2. The Hall–Kier alpha value is -2.33. The first-order chi connectivity index (χ1) is 13.1. The highest BCUT2D eigenvalue weighted by Crippen LogP contribution is 2.39. The first kappa shape index (κ1) is 18.1. The third kappa shape index (κ3) is 4.33. The summed E-state index contributed by atoms with van der Waals surface area (Å²) in [4.78, 5) is 17.1. The lowest BCUT2D eigenvalue weighted by molar-refractivity contribution is -0.140. The Balaban J connectivity index is 1.43. The number of rotatable bonds is 4. The number of aromatic hydroxyl groups is 1. The van der Waals surface area contributed by atoms with Crippen LogP contribution < -0.4 is 0 Å². The minimum absolute atomic E-state index is 0.220. The van der Waals surface area contributed by atoms with Gasteiger partial charge in [0.15, 0.2) is 0 Å². The van der Waals surface area contributed by atoms with E-state index in [0.29, 0.717) is 18.1 Å². The second kappa shape index (κ2) is 7.73. The van der Waals surface area contributed by atoms with Crippen molar-refractivity contribution in [1.82, 2.24) is 9.80 Å². The second-order valence-corrected chi connectivity index (χ2v) is 8.22. The molecule has 2 aromatic carbocycles. The molecule has 2 fully saturated rings. The van der Waals surface area contributed by atoms with Crippen LogP contribution in [0.1, 0.15) is 36.8 Å². The van der Waals surface area contributed by atoms with E-state index in [1.807, 2.05) is 30.3 Å². The Labute approximate surface area is 161 Å². The largest absolute Gasteiger partial charge is 0.508 e. The molecule has 1 amide bonds. The van der Waals surface area contributed by atoms with Crippen molar-refractivity contribution < 1.29 is 9.90 Å². The van der Waals surface area contributed by atoms with Crippen LogP contribution in [-0.4, -0.2) is 40.4 Å². The van der Waals surface area contributed by atoms with Gasteiger partial charge in [0.25, 0.3) is 0 Å². The van der Waals surface area contributed by atoms with Gasteiger partial charge in [-0.05, 0) is 49.1 Å². The number of piperidine rings is 2. The van der Waals surface area contributed by atoms with Crippen molar-refractivity contribution in [2.45, 2.75) is 38.8 Å². The number of hydrogen-bond acceptors (Lipinski definition) is 3. The quantitative estimate of drug-likeness (QED) is 0.897. The third-order valence-electron chi connectivity index (χ3n) is 6.05. The van der Waals surface area contributed by atoms with Crippen LogP contribution in [0.15, 0.2) is 54.6 Å². The predicted octanol–water partition coefficient (Wildman–Crippen LogP) is 3.80. The molecule has 2 aliphatic rings. The zero-order chi connectivity index (χ0) is 18.7. The Kier molecular flexibility index (Phi) is 5.17. The van der Waals surface area contributed by atoms with Gasteiger partial charge in [0.2, 0.25) is 5.91 Å². The molecule has 2 aliphatic heterocycles. The fourth-order valence-corrected chi connectivity index (χ4v) is 4.69. The number of phenols is 1. The average Bonchev–Trinajstić information content (AvgIpc) is 2.68. The Morgan fingerprint density at radius 3 is 2.41 bits per heavy atom. The summed E-state index contributed by atoms with van der Waals surface area (Å²) in [5, 5.41) is 9.49. The Morgan fingerprint density at radius 2 is 1.63 bits per heavy atom. The maximum absolute atomic E-state index is 12.5. The molecule has 0 aromatic heterocycles. The molecule has 1 N–H and O–H groups in total. The zero-order valence-electron chi connectivity index (χ0n) is 15.8. The molecule has 2 aromatic rings. The summed E-state index contributed by atoms with van der Waals surface area (Å²) in [6, 6.07) is 17.8. The highest BCUT2D eigenvalue weighted by atomic mass is 16.3. The molecule has 0 aliphatic carbocycles. The predicted molar refractivity (Wildman–Crippen MR) is 106 cm³/mol. The molecule has 142 valence electrons. The van der Waals surface area contributed by atoms with Crippen molar-refractivity contribution in [3.8, 4) is 5.75 Å². The maximum Gasteiger partial charge on any atom is 0.222 e. The van der Waals surface area contributed by atoms with E-state index in [-0.39, 0.29) is 5.41 Å². The van der Waals surface area contributed by atoms with E-state index in [1.165, 1.54) is 24.0 Å². The highest BCUT2D eigenvalue weighted by molar-refractivity contribution is 5.77. The fourth-order valence-electron chi connectivity index (χ4n) is 4.69. The molecule has 2 saturated heterocycles. The first-order valence-electron chi connectivity index (χ1n) is 9.94. The van der Waals surface area contributed by atoms with Gasteiger partial charge in [-0.2, -0.15) is 0 Å². The van der Waals surface area contributed by atoms with Crippen LogP contribution in [0.5, 0.6) is 5.75 Å². The lowest BCUT2D eigenvalue weighted by Crippen LogP contribution is -2.53. The number of phenolic OH excluding ortho intramolecular Hbond substituents is 1. The summed E-state index contributed by atoms with van der Waals surface area (Å²) in [5.41, 5.74) is 2.66. The van der Waals surface area contributed by atoms with Crippen molar-refractivity contribution in [3.05, 3.63) is 65.7 Å². The number of nitrogens with zero attached hydrogens (tertiary/aromatic N) is 2. The summed E-state index contributed by atoms with van der Waals surface area (Å²) in [6.07, 6.45) is 4.06. The lowest BCUT2D eigenvalue weighted by Gasteiger charge is -2.48. The normalized spacial score (nSPS) is 23.7. The van der Waals surface area contributed by atoms with Crippen LogP contribution in [-0.2, 0) is 17.9 Å². The van der Waals surface area contributed by atoms with Crippen molar-refractivity contribution in [2.24, 2.45) is 5.41 Å². The summed E-state index contributed by atoms with van der Waals surface area (Å²) >= 11 is 0. The Morgan fingerprint density at radius 1 is 0.889 bits per heavy atom. The molecule has 1 unspecified atom stereocenters. The minimum atomic E-state index is 0.220. The molecule has 4 nitrogen and oxygen atoms in total. The molecule has 27 heavy (non-hydrogen) atoms. The van der Waals surface area contributed by atoms with Gasteiger partial charge in [0.1, 0.15) is 5.75 Å². The van der Waals surface area contributed by atoms with Gasteiger partial charge < -0.3 is 10.0 Å². The topological polar surface area (TPSA) is 43.8 Å². The molecule has 4 heteroatoms. The van der Waals surface area contributed by atoms with Crippen molar-refractivity contribution in [3.63, 3.8) is 0 Å². The van der Waals surface area contributed by atoms with E-state index >= 15 is 0 Å². The van der Waals surface area contributed by atoms with E-state index in [2.05, 4.69) is 21.9 Å². The molecule has 1 atom stereocenters. The molecule has 4 rings (SSSR count). The van der Waals surface area contributed by atoms with Crippen molar-refractivity contribution >= 4 is 5.91 Å². The van der Waals surface area contributed by atoms with Gasteiger partial charge in [0, 0.05) is 38.0 Å². The van der Waals surface area contributed by atoms with Crippen LogP contribution in [0.2, 0.25) is 0 Å². The van der Waals surface area contributed by atoms with Gasteiger partial charge in [-0.3, -0.25) is 9.69 Å². The van der Waals surface area contributed by atoms with Crippen LogP contribution in [0.25, 0.3) is 0 Å². The highest BCUT2D eigenvalue weighted by Gasteiger charge is 2.41. The van der Waals surface area contributed by atoms with E-state index in [1.54, 1.807) is 12.1 Å². The molecule has 0 bridgehead atoms. The van der Waals surface area contributed by atoms with E-state index < -0.39 is 0 Å². The first-order valence-corrected chi connectivity index (χ1v) is 9.94. The van der Waals surface area contributed by atoms with Gasteiger partial charge >= 0.3 is 0 Å². The number of hydrogen-bond donors (Lipinski definition) is 1. The van der Waals surface area contributed by atoms with Crippen molar-refractivity contribution in [2.75, 3.05) is 19.6 Å². The smallest absolute Gasteiger partial charge is 0.222 e. The molecular formula is C23H28N2O2. The summed E-state index contributed by atoms with van der Waals surface area (Å²) in [7, 11) is 0.